The van der Waals surface area contributed by atoms with E-state index in [1.165, 1.54) is 12.1 Å². The molecule has 0 amide bonds. The summed E-state index contributed by atoms with van der Waals surface area (Å²) in [5.41, 5.74) is 7.63. The predicted octanol–water partition coefficient (Wildman–Crippen LogP) is 1.76. The standard InChI is InChI=1S/C10H10BrFN4/c1-16-9(10(11)14-15-16)8(13)6-2-4-7(12)5-3-6/h2-5,8H,13H2,1H3. The molecule has 0 aliphatic carbocycles. The molecule has 1 heterocycles. The highest BCUT2D eigenvalue weighted by atomic mass is 79.9. The van der Waals surface area contributed by atoms with Crippen LogP contribution in [0.4, 0.5) is 4.39 Å². The molecule has 0 aliphatic rings. The van der Waals surface area contributed by atoms with Crippen LogP contribution in [0.15, 0.2) is 28.9 Å². The number of benzene rings is 1. The van der Waals surface area contributed by atoms with Crippen molar-refractivity contribution in [2.45, 2.75) is 6.04 Å². The Balaban J connectivity index is 2.39. The van der Waals surface area contributed by atoms with Crippen molar-refractivity contribution in [3.63, 3.8) is 0 Å². The molecule has 0 saturated heterocycles. The van der Waals surface area contributed by atoms with Gasteiger partial charge in [-0.15, -0.1) is 5.10 Å². The molecule has 0 fully saturated rings. The first-order valence-corrected chi connectivity index (χ1v) is 5.45. The molecule has 1 atom stereocenters. The zero-order valence-electron chi connectivity index (χ0n) is 8.56. The van der Waals surface area contributed by atoms with E-state index in [2.05, 4.69) is 26.2 Å². The van der Waals surface area contributed by atoms with E-state index in [-0.39, 0.29) is 11.9 Å². The van der Waals surface area contributed by atoms with E-state index < -0.39 is 0 Å². The topological polar surface area (TPSA) is 56.7 Å². The molecule has 6 heteroatoms. The molecule has 2 aromatic rings. The number of halogens is 2. The fourth-order valence-electron chi connectivity index (χ4n) is 1.50. The SMILES string of the molecule is Cn1nnc(Br)c1C(N)c1ccc(F)cc1. The molecule has 1 unspecified atom stereocenters. The van der Waals surface area contributed by atoms with Crippen molar-refractivity contribution in [2.24, 2.45) is 12.8 Å². The maximum Gasteiger partial charge on any atom is 0.153 e. The molecule has 4 nitrogen and oxygen atoms in total. The summed E-state index contributed by atoms with van der Waals surface area (Å²) in [6, 6.07) is 5.69. The second-order valence-electron chi connectivity index (χ2n) is 3.42. The highest BCUT2D eigenvalue weighted by Crippen LogP contribution is 2.24. The summed E-state index contributed by atoms with van der Waals surface area (Å²) in [5.74, 6) is -0.279. The molecule has 2 N–H and O–H groups in total. The van der Waals surface area contributed by atoms with Gasteiger partial charge in [-0.3, -0.25) is 0 Å². The van der Waals surface area contributed by atoms with Crippen molar-refractivity contribution in [2.75, 3.05) is 0 Å². The van der Waals surface area contributed by atoms with Crippen LogP contribution in [0.2, 0.25) is 0 Å². The van der Waals surface area contributed by atoms with Crippen LogP contribution in [-0.2, 0) is 7.05 Å². The molecule has 16 heavy (non-hydrogen) atoms. The molecule has 0 aliphatic heterocycles. The van der Waals surface area contributed by atoms with Crippen LogP contribution in [0.5, 0.6) is 0 Å². The minimum atomic E-state index is -0.380. The van der Waals surface area contributed by atoms with E-state index in [1.54, 1.807) is 23.9 Å². The van der Waals surface area contributed by atoms with Gasteiger partial charge in [0.05, 0.1) is 11.7 Å². The fraction of sp³-hybridized carbons (Fsp3) is 0.200. The summed E-state index contributed by atoms with van der Waals surface area (Å²) >= 11 is 3.28. The van der Waals surface area contributed by atoms with Crippen molar-refractivity contribution in [1.82, 2.24) is 15.0 Å². The third-order valence-electron chi connectivity index (χ3n) is 2.35. The Morgan fingerprint density at radius 2 is 2.00 bits per heavy atom. The van der Waals surface area contributed by atoms with Gasteiger partial charge in [0.15, 0.2) is 4.60 Å². The maximum absolute atomic E-state index is 12.8. The molecule has 0 saturated carbocycles. The third-order valence-corrected chi connectivity index (χ3v) is 2.92. The third kappa shape index (κ3) is 1.98. The van der Waals surface area contributed by atoms with Gasteiger partial charge in [-0.05, 0) is 33.6 Å². The lowest BCUT2D eigenvalue weighted by molar-refractivity contribution is 0.623. The molecule has 0 radical (unpaired) electrons. The van der Waals surface area contributed by atoms with E-state index >= 15 is 0 Å². The summed E-state index contributed by atoms with van der Waals surface area (Å²) < 4.78 is 15.0. The Bertz CT molecular complexity index is 475. The number of nitrogens with zero attached hydrogens (tertiary/aromatic N) is 3. The van der Waals surface area contributed by atoms with Crippen LogP contribution < -0.4 is 5.73 Å². The molecule has 2 rings (SSSR count). The number of aryl methyl sites for hydroxylation is 1. The van der Waals surface area contributed by atoms with Crippen LogP contribution in [0.25, 0.3) is 0 Å². The first-order valence-electron chi connectivity index (χ1n) is 4.65. The average molecular weight is 285 g/mol. The first kappa shape index (κ1) is 11.2. The van der Waals surface area contributed by atoms with Crippen LogP contribution >= 0.6 is 15.9 Å². The average Bonchev–Trinajstić information content (AvgIpc) is 2.59. The van der Waals surface area contributed by atoms with Crippen molar-refractivity contribution < 1.29 is 4.39 Å². The van der Waals surface area contributed by atoms with Gasteiger partial charge in [-0.1, -0.05) is 17.3 Å². The highest BCUT2D eigenvalue weighted by Gasteiger charge is 2.17. The van der Waals surface area contributed by atoms with Crippen molar-refractivity contribution in [1.29, 1.82) is 0 Å². The van der Waals surface area contributed by atoms with Crippen LogP contribution in [0, 0.1) is 5.82 Å². The normalized spacial score (nSPS) is 12.8. The second kappa shape index (κ2) is 4.31. The Hall–Kier alpha value is -1.27. The summed E-state index contributed by atoms with van der Waals surface area (Å²) in [7, 11) is 1.76. The smallest absolute Gasteiger partial charge is 0.153 e. The molecular formula is C10H10BrFN4. The quantitative estimate of drug-likeness (QED) is 0.914. The van der Waals surface area contributed by atoms with Gasteiger partial charge >= 0.3 is 0 Å². The van der Waals surface area contributed by atoms with E-state index in [0.717, 1.165) is 11.3 Å². The van der Waals surface area contributed by atoms with Gasteiger partial charge in [0.2, 0.25) is 0 Å². The lowest BCUT2D eigenvalue weighted by atomic mass is 10.1. The van der Waals surface area contributed by atoms with Gasteiger partial charge in [-0.2, -0.15) is 0 Å². The lowest BCUT2D eigenvalue weighted by Gasteiger charge is -2.12. The Kier molecular flexibility index (Phi) is 3.02. The molecule has 0 bridgehead atoms. The fourth-order valence-corrected chi connectivity index (χ4v) is 2.07. The molecular weight excluding hydrogens is 275 g/mol. The van der Waals surface area contributed by atoms with E-state index in [0.29, 0.717) is 4.60 Å². The van der Waals surface area contributed by atoms with E-state index in [1.807, 2.05) is 0 Å². The molecule has 1 aromatic carbocycles. The van der Waals surface area contributed by atoms with Gasteiger partial charge in [0, 0.05) is 7.05 Å². The Morgan fingerprint density at radius 3 is 2.50 bits per heavy atom. The van der Waals surface area contributed by atoms with Gasteiger partial charge in [0.25, 0.3) is 0 Å². The molecule has 84 valence electrons. The van der Waals surface area contributed by atoms with Gasteiger partial charge in [-0.25, -0.2) is 9.07 Å². The Labute approximate surface area is 100 Å². The molecule has 0 spiro atoms. The lowest BCUT2D eigenvalue weighted by Crippen LogP contribution is -2.16. The van der Waals surface area contributed by atoms with Crippen molar-refractivity contribution in [3.8, 4) is 0 Å². The zero-order valence-corrected chi connectivity index (χ0v) is 10.1. The van der Waals surface area contributed by atoms with Gasteiger partial charge < -0.3 is 5.73 Å². The minimum absolute atomic E-state index is 0.279. The van der Waals surface area contributed by atoms with Crippen LogP contribution in [-0.4, -0.2) is 15.0 Å². The second-order valence-corrected chi connectivity index (χ2v) is 4.17. The summed E-state index contributed by atoms with van der Waals surface area (Å²) in [4.78, 5) is 0. The summed E-state index contributed by atoms with van der Waals surface area (Å²) in [6.07, 6.45) is 0. The minimum Gasteiger partial charge on any atom is -0.319 e. The van der Waals surface area contributed by atoms with E-state index in [9.17, 15) is 4.39 Å². The van der Waals surface area contributed by atoms with Crippen molar-refractivity contribution >= 4 is 15.9 Å². The zero-order chi connectivity index (χ0) is 11.7. The first-order chi connectivity index (χ1) is 7.59. The number of aromatic nitrogens is 3. The largest absolute Gasteiger partial charge is 0.319 e. The monoisotopic (exact) mass is 284 g/mol. The van der Waals surface area contributed by atoms with E-state index in [4.69, 9.17) is 5.73 Å². The summed E-state index contributed by atoms with van der Waals surface area (Å²) in [6.45, 7) is 0. The number of hydrogen-bond donors (Lipinski definition) is 1. The number of nitrogens with two attached hydrogens (primary N) is 1. The molecule has 1 aromatic heterocycles. The number of rotatable bonds is 2. The van der Waals surface area contributed by atoms with Crippen LogP contribution in [0.3, 0.4) is 0 Å². The van der Waals surface area contributed by atoms with Gasteiger partial charge in [0.1, 0.15) is 5.82 Å². The maximum atomic E-state index is 12.8. The summed E-state index contributed by atoms with van der Waals surface area (Å²) in [5, 5.41) is 7.70. The van der Waals surface area contributed by atoms with Crippen molar-refractivity contribution in [3.05, 3.63) is 45.9 Å². The van der Waals surface area contributed by atoms with Crippen LogP contribution in [0.1, 0.15) is 17.3 Å². The predicted molar refractivity (Wildman–Crippen MR) is 61.1 cm³/mol. The highest BCUT2D eigenvalue weighted by molar-refractivity contribution is 9.10. The number of hydrogen-bond acceptors (Lipinski definition) is 3. The Morgan fingerprint density at radius 1 is 1.38 bits per heavy atom.